The lowest BCUT2D eigenvalue weighted by atomic mass is 10.0. The fraction of sp³-hybridized carbons (Fsp3) is 0.211. The third kappa shape index (κ3) is 3.43. The normalized spacial score (nSPS) is 12.6. The van der Waals surface area contributed by atoms with E-state index in [2.05, 4.69) is 4.98 Å². The van der Waals surface area contributed by atoms with Gasteiger partial charge < -0.3 is 10.1 Å². The van der Waals surface area contributed by atoms with Crippen LogP contribution in [0, 0.1) is 0 Å². The molecule has 2 N–H and O–H groups in total. The van der Waals surface area contributed by atoms with E-state index in [1.165, 1.54) is 0 Å². The van der Waals surface area contributed by atoms with Gasteiger partial charge in [0.15, 0.2) is 0 Å². The van der Waals surface area contributed by atoms with Gasteiger partial charge in [-0.05, 0) is 24.2 Å². The Balaban J connectivity index is 1.80. The Kier molecular flexibility index (Phi) is 4.44. The van der Waals surface area contributed by atoms with E-state index in [1.54, 1.807) is 0 Å². The number of nitrogens with zero attached hydrogens (tertiary/aromatic N) is 1. The van der Waals surface area contributed by atoms with Crippen molar-refractivity contribution < 1.29 is 9.90 Å². The number of carboxylic acids is 1. The minimum Gasteiger partial charge on any atom is -0.480 e. The first-order valence-electron chi connectivity index (χ1n) is 7.67. The molecular formula is C19H20N2O2. The van der Waals surface area contributed by atoms with Crippen LogP contribution in [0.15, 0.2) is 60.8 Å². The van der Waals surface area contributed by atoms with Crippen LogP contribution in [0.2, 0.25) is 0 Å². The number of H-pyrrole nitrogens is 1. The Morgan fingerprint density at radius 2 is 1.83 bits per heavy atom. The molecule has 118 valence electrons. The molecule has 3 aromatic rings. The van der Waals surface area contributed by atoms with Gasteiger partial charge in [0.1, 0.15) is 6.04 Å². The Morgan fingerprint density at radius 1 is 1.13 bits per heavy atom. The smallest absolute Gasteiger partial charge is 0.321 e. The number of aromatic amines is 1. The summed E-state index contributed by atoms with van der Waals surface area (Å²) in [5.41, 5.74) is 3.19. The van der Waals surface area contributed by atoms with E-state index < -0.39 is 12.0 Å². The standard InChI is InChI=1S/C19H20N2O2/c1-21(13-14-7-3-2-4-8-14)18(19(22)23)11-15-12-20-17-10-6-5-9-16(15)17/h2-10,12,18,20H,11,13H2,1H3,(H,22,23). The van der Waals surface area contributed by atoms with Crippen LogP contribution >= 0.6 is 0 Å². The summed E-state index contributed by atoms with van der Waals surface area (Å²) in [6.07, 6.45) is 2.39. The zero-order valence-corrected chi connectivity index (χ0v) is 13.1. The van der Waals surface area contributed by atoms with Gasteiger partial charge in [0.2, 0.25) is 0 Å². The van der Waals surface area contributed by atoms with E-state index >= 15 is 0 Å². The zero-order chi connectivity index (χ0) is 16.2. The van der Waals surface area contributed by atoms with E-state index in [0.29, 0.717) is 13.0 Å². The van der Waals surface area contributed by atoms with E-state index in [4.69, 9.17) is 0 Å². The van der Waals surface area contributed by atoms with Gasteiger partial charge in [0, 0.05) is 30.1 Å². The fourth-order valence-electron chi connectivity index (χ4n) is 2.92. The molecule has 4 heteroatoms. The average molecular weight is 308 g/mol. The van der Waals surface area contributed by atoms with Gasteiger partial charge in [-0.25, -0.2) is 0 Å². The van der Waals surface area contributed by atoms with Gasteiger partial charge >= 0.3 is 5.97 Å². The van der Waals surface area contributed by atoms with Crippen LogP contribution in [0.25, 0.3) is 10.9 Å². The van der Waals surface area contributed by atoms with Crippen molar-refractivity contribution in [3.8, 4) is 0 Å². The van der Waals surface area contributed by atoms with Gasteiger partial charge in [-0.2, -0.15) is 0 Å². The number of hydrogen-bond acceptors (Lipinski definition) is 2. The highest BCUT2D eigenvalue weighted by molar-refractivity contribution is 5.84. The van der Waals surface area contributed by atoms with E-state index in [9.17, 15) is 9.90 Å². The van der Waals surface area contributed by atoms with E-state index in [-0.39, 0.29) is 0 Å². The van der Waals surface area contributed by atoms with Crippen molar-refractivity contribution in [1.82, 2.24) is 9.88 Å². The first-order chi connectivity index (χ1) is 11.1. The number of likely N-dealkylation sites (N-methyl/N-ethyl adjacent to an activating group) is 1. The van der Waals surface area contributed by atoms with Crippen molar-refractivity contribution in [1.29, 1.82) is 0 Å². The highest BCUT2D eigenvalue weighted by atomic mass is 16.4. The molecule has 3 rings (SSSR count). The predicted molar refractivity (Wildman–Crippen MR) is 91.3 cm³/mol. The van der Waals surface area contributed by atoms with Crippen molar-refractivity contribution >= 4 is 16.9 Å². The number of fused-ring (bicyclic) bond motifs is 1. The molecule has 0 fully saturated rings. The summed E-state index contributed by atoms with van der Waals surface area (Å²) in [6, 6.07) is 17.3. The number of rotatable bonds is 6. The Hall–Kier alpha value is -2.59. The molecule has 0 spiro atoms. The minimum atomic E-state index is -0.797. The van der Waals surface area contributed by atoms with Crippen LogP contribution in [0.3, 0.4) is 0 Å². The quantitative estimate of drug-likeness (QED) is 0.734. The molecule has 0 saturated carbocycles. The van der Waals surface area contributed by atoms with Crippen LogP contribution in [0.1, 0.15) is 11.1 Å². The summed E-state index contributed by atoms with van der Waals surface area (Å²) >= 11 is 0. The topological polar surface area (TPSA) is 56.3 Å². The number of nitrogens with one attached hydrogen (secondary N) is 1. The molecule has 0 saturated heterocycles. The summed E-state index contributed by atoms with van der Waals surface area (Å²) in [4.78, 5) is 16.8. The maximum Gasteiger partial charge on any atom is 0.321 e. The lowest BCUT2D eigenvalue weighted by molar-refractivity contribution is -0.142. The van der Waals surface area contributed by atoms with Crippen LogP contribution in [-0.4, -0.2) is 34.0 Å². The minimum absolute atomic E-state index is 0.475. The second-order valence-corrected chi connectivity index (χ2v) is 5.82. The monoisotopic (exact) mass is 308 g/mol. The van der Waals surface area contributed by atoms with Crippen LogP contribution < -0.4 is 0 Å². The summed E-state index contributed by atoms with van der Waals surface area (Å²) < 4.78 is 0. The van der Waals surface area contributed by atoms with Gasteiger partial charge in [0.05, 0.1) is 0 Å². The third-order valence-corrected chi connectivity index (χ3v) is 4.18. The first-order valence-corrected chi connectivity index (χ1v) is 7.67. The average Bonchev–Trinajstić information content (AvgIpc) is 2.96. The lowest BCUT2D eigenvalue weighted by Gasteiger charge is -2.24. The third-order valence-electron chi connectivity index (χ3n) is 4.18. The van der Waals surface area contributed by atoms with E-state index in [1.807, 2.05) is 72.7 Å². The van der Waals surface area contributed by atoms with E-state index in [0.717, 1.165) is 22.0 Å². The molecule has 0 aliphatic rings. The summed E-state index contributed by atoms with van der Waals surface area (Å²) in [6.45, 7) is 0.611. The van der Waals surface area contributed by atoms with Crippen molar-refractivity contribution in [2.75, 3.05) is 7.05 Å². The molecule has 0 aliphatic heterocycles. The molecule has 0 aliphatic carbocycles. The SMILES string of the molecule is CN(Cc1ccccc1)C(Cc1c[nH]c2ccccc12)C(=O)O. The molecule has 1 atom stereocenters. The molecule has 2 aromatic carbocycles. The second-order valence-electron chi connectivity index (χ2n) is 5.82. The van der Waals surface area contributed by atoms with Gasteiger partial charge in [-0.15, -0.1) is 0 Å². The molecule has 4 nitrogen and oxygen atoms in total. The largest absolute Gasteiger partial charge is 0.480 e. The number of carboxylic acid groups (broad SMARTS) is 1. The Labute approximate surface area is 135 Å². The number of para-hydroxylation sites is 1. The number of hydrogen-bond donors (Lipinski definition) is 2. The van der Waals surface area contributed by atoms with Gasteiger partial charge in [-0.3, -0.25) is 9.69 Å². The number of carbonyl (C=O) groups is 1. The molecule has 0 radical (unpaired) electrons. The molecular weight excluding hydrogens is 288 g/mol. The number of aliphatic carboxylic acids is 1. The van der Waals surface area contributed by atoms with Gasteiger partial charge in [-0.1, -0.05) is 48.5 Å². The van der Waals surface area contributed by atoms with Crippen molar-refractivity contribution in [3.05, 3.63) is 71.9 Å². The number of aromatic nitrogens is 1. The fourth-order valence-corrected chi connectivity index (χ4v) is 2.92. The van der Waals surface area contributed by atoms with Crippen molar-refractivity contribution in [3.63, 3.8) is 0 Å². The zero-order valence-electron chi connectivity index (χ0n) is 13.1. The van der Waals surface area contributed by atoms with Crippen LogP contribution in [0.4, 0.5) is 0 Å². The molecule has 0 amide bonds. The van der Waals surface area contributed by atoms with Crippen molar-refractivity contribution in [2.45, 2.75) is 19.0 Å². The Bertz CT molecular complexity index is 795. The highest BCUT2D eigenvalue weighted by Gasteiger charge is 2.24. The second kappa shape index (κ2) is 6.67. The molecule has 1 heterocycles. The summed E-state index contributed by atoms with van der Waals surface area (Å²) in [5.74, 6) is -0.797. The van der Waals surface area contributed by atoms with Crippen LogP contribution in [0.5, 0.6) is 0 Å². The van der Waals surface area contributed by atoms with Gasteiger partial charge in [0.25, 0.3) is 0 Å². The highest BCUT2D eigenvalue weighted by Crippen LogP contribution is 2.21. The summed E-state index contributed by atoms with van der Waals surface area (Å²) in [5, 5.41) is 10.7. The molecule has 1 unspecified atom stereocenters. The predicted octanol–water partition coefficient (Wildman–Crippen LogP) is 3.30. The van der Waals surface area contributed by atoms with Crippen molar-refractivity contribution in [2.24, 2.45) is 0 Å². The Morgan fingerprint density at radius 3 is 2.57 bits per heavy atom. The molecule has 23 heavy (non-hydrogen) atoms. The maximum absolute atomic E-state index is 11.7. The summed E-state index contributed by atoms with van der Waals surface area (Å²) in [7, 11) is 1.86. The lowest BCUT2D eigenvalue weighted by Crippen LogP contribution is -2.39. The first kappa shape index (κ1) is 15.3. The number of benzene rings is 2. The molecule has 1 aromatic heterocycles. The maximum atomic E-state index is 11.7. The molecule has 0 bridgehead atoms. The van der Waals surface area contributed by atoms with Crippen LogP contribution in [-0.2, 0) is 17.8 Å².